The molecule has 1 rings (SSSR count). The first-order valence-electron chi connectivity index (χ1n) is 9.68. The lowest BCUT2D eigenvalue weighted by atomic mass is 10.2. The monoisotopic (exact) mass is 462 g/mol. The number of nitrogens with two attached hydrogens (primary N) is 1. The van der Waals surface area contributed by atoms with Crippen LogP contribution in [0.15, 0.2) is 18.2 Å². The van der Waals surface area contributed by atoms with Gasteiger partial charge < -0.3 is 30.0 Å². The normalized spacial score (nSPS) is 11.3. The van der Waals surface area contributed by atoms with Crippen LogP contribution in [0.4, 0.5) is 11.4 Å². The van der Waals surface area contributed by atoms with Gasteiger partial charge in [0.2, 0.25) is 0 Å². The quantitative estimate of drug-likeness (QED) is 0.193. The second-order valence-corrected chi connectivity index (χ2v) is 9.00. The minimum atomic E-state index is -3.17. The molecule has 0 spiro atoms. The first kappa shape index (κ1) is 26.5. The Morgan fingerprint density at radius 1 is 0.967 bits per heavy atom. The predicted molar refractivity (Wildman–Crippen MR) is 120 cm³/mol. The van der Waals surface area contributed by atoms with E-state index in [2.05, 4.69) is 11.2 Å². The molecule has 0 bridgehead atoms. The van der Waals surface area contributed by atoms with Gasteiger partial charge in [0, 0.05) is 11.6 Å². The van der Waals surface area contributed by atoms with Gasteiger partial charge in [-0.25, -0.2) is 8.42 Å². The molecule has 0 aromatic heterocycles. The molecular formula is C20H31ClN2O6S. The van der Waals surface area contributed by atoms with Crippen LogP contribution < -0.4 is 11.1 Å². The van der Waals surface area contributed by atoms with Crippen molar-refractivity contribution in [3.8, 4) is 12.3 Å². The Morgan fingerprint density at radius 3 is 2.17 bits per heavy atom. The number of halogens is 1. The Morgan fingerprint density at radius 2 is 1.57 bits per heavy atom. The Kier molecular flexibility index (Phi) is 14.3. The maximum absolute atomic E-state index is 12.0. The van der Waals surface area contributed by atoms with E-state index < -0.39 is 9.84 Å². The van der Waals surface area contributed by atoms with Crippen LogP contribution in [0.5, 0.6) is 0 Å². The maximum atomic E-state index is 12.0. The second kappa shape index (κ2) is 16.2. The Balaban J connectivity index is 1.96. The lowest BCUT2D eigenvalue weighted by molar-refractivity contribution is 0.00302. The summed E-state index contributed by atoms with van der Waals surface area (Å²) >= 11 is 5.84. The summed E-state index contributed by atoms with van der Waals surface area (Å²) in [6.07, 6.45) is 5.52. The molecule has 0 aliphatic carbocycles. The summed E-state index contributed by atoms with van der Waals surface area (Å²) in [6.45, 7) is 3.43. The molecule has 0 aliphatic heterocycles. The molecule has 0 saturated heterocycles. The van der Waals surface area contributed by atoms with Gasteiger partial charge in [-0.3, -0.25) is 0 Å². The zero-order valence-electron chi connectivity index (χ0n) is 17.1. The summed E-state index contributed by atoms with van der Waals surface area (Å²) in [5.41, 5.74) is 7.11. The van der Waals surface area contributed by atoms with Gasteiger partial charge in [0.25, 0.3) is 0 Å². The number of ether oxygens (including phenoxy) is 4. The molecule has 10 heteroatoms. The van der Waals surface area contributed by atoms with E-state index in [4.69, 9.17) is 42.7 Å². The second-order valence-electron chi connectivity index (χ2n) is 6.26. The zero-order valence-corrected chi connectivity index (χ0v) is 18.7. The fourth-order valence-corrected chi connectivity index (χ4v) is 3.63. The third kappa shape index (κ3) is 13.6. The van der Waals surface area contributed by atoms with Crippen molar-refractivity contribution in [1.29, 1.82) is 0 Å². The topological polar surface area (TPSA) is 109 Å². The first-order valence-corrected chi connectivity index (χ1v) is 11.9. The summed E-state index contributed by atoms with van der Waals surface area (Å²) < 4.78 is 45.1. The highest BCUT2D eigenvalue weighted by molar-refractivity contribution is 7.91. The van der Waals surface area contributed by atoms with E-state index in [1.165, 1.54) is 0 Å². The van der Waals surface area contributed by atoms with E-state index in [9.17, 15) is 8.42 Å². The van der Waals surface area contributed by atoms with E-state index in [0.717, 1.165) is 5.69 Å². The molecule has 1 aromatic carbocycles. The smallest absolute Gasteiger partial charge is 0.152 e. The van der Waals surface area contributed by atoms with E-state index in [1.54, 1.807) is 18.2 Å². The van der Waals surface area contributed by atoms with Crippen molar-refractivity contribution in [3.05, 3.63) is 23.2 Å². The van der Waals surface area contributed by atoms with Crippen molar-refractivity contribution < 1.29 is 27.4 Å². The molecule has 8 nitrogen and oxygen atoms in total. The van der Waals surface area contributed by atoms with Gasteiger partial charge in [-0.05, 0) is 24.6 Å². The molecular weight excluding hydrogens is 432 g/mol. The lowest BCUT2D eigenvalue weighted by Crippen LogP contribution is -2.19. The van der Waals surface area contributed by atoms with Crippen LogP contribution in [0.3, 0.4) is 0 Å². The van der Waals surface area contributed by atoms with Crippen molar-refractivity contribution in [2.75, 3.05) is 82.0 Å². The van der Waals surface area contributed by atoms with Gasteiger partial charge in [-0.1, -0.05) is 17.5 Å². The SMILES string of the molecule is C#CCOCCOCCOCCOCCS(=O)(=O)CCCNc1ccc(Cl)cc1N. The summed E-state index contributed by atoms with van der Waals surface area (Å²) in [7, 11) is -3.17. The van der Waals surface area contributed by atoms with Crippen LogP contribution in [0.25, 0.3) is 0 Å². The molecule has 1 aromatic rings. The molecule has 0 heterocycles. The van der Waals surface area contributed by atoms with Gasteiger partial charge >= 0.3 is 0 Å². The van der Waals surface area contributed by atoms with Crippen LogP contribution in [0, 0.1) is 12.3 Å². The molecule has 0 fully saturated rings. The third-order valence-corrected chi connectivity index (χ3v) is 5.74. The highest BCUT2D eigenvalue weighted by Crippen LogP contribution is 2.22. The maximum Gasteiger partial charge on any atom is 0.152 e. The summed E-state index contributed by atoms with van der Waals surface area (Å²) in [6, 6.07) is 5.14. The van der Waals surface area contributed by atoms with Crippen LogP contribution in [-0.2, 0) is 28.8 Å². The average molecular weight is 463 g/mol. The molecule has 0 unspecified atom stereocenters. The molecule has 0 amide bonds. The van der Waals surface area contributed by atoms with E-state index in [0.29, 0.717) is 63.3 Å². The van der Waals surface area contributed by atoms with Crippen molar-refractivity contribution in [2.45, 2.75) is 6.42 Å². The van der Waals surface area contributed by atoms with E-state index in [-0.39, 0.29) is 24.7 Å². The fourth-order valence-electron chi connectivity index (χ4n) is 2.29. The fraction of sp³-hybridized carbons (Fsp3) is 0.600. The van der Waals surface area contributed by atoms with Gasteiger partial charge in [0.05, 0.1) is 69.1 Å². The van der Waals surface area contributed by atoms with E-state index >= 15 is 0 Å². The van der Waals surface area contributed by atoms with Crippen LogP contribution >= 0.6 is 11.6 Å². The number of anilines is 2. The minimum absolute atomic E-state index is 0.0170. The Hall–Kier alpha value is -1.54. The van der Waals surface area contributed by atoms with Gasteiger partial charge in [-0.15, -0.1) is 6.42 Å². The standard InChI is InChI=1S/C20H31ClN2O6S/c1-2-7-26-8-9-27-10-11-28-12-13-29-14-16-30(24,25)15-3-6-23-20-5-4-18(21)17-19(20)22/h1,4-5,17,23H,3,6-16,22H2. The third-order valence-electron chi connectivity index (χ3n) is 3.80. The van der Waals surface area contributed by atoms with E-state index in [1.807, 2.05) is 0 Å². The van der Waals surface area contributed by atoms with Crippen molar-refractivity contribution >= 4 is 32.8 Å². The number of rotatable bonds is 18. The Labute approximate surface area is 184 Å². The van der Waals surface area contributed by atoms with Crippen molar-refractivity contribution in [1.82, 2.24) is 0 Å². The molecule has 0 atom stereocenters. The van der Waals surface area contributed by atoms with Crippen LogP contribution in [0.1, 0.15) is 6.42 Å². The molecule has 0 radical (unpaired) electrons. The molecule has 3 N–H and O–H groups in total. The van der Waals surface area contributed by atoms with Crippen molar-refractivity contribution in [2.24, 2.45) is 0 Å². The lowest BCUT2D eigenvalue weighted by Gasteiger charge is -2.10. The molecule has 170 valence electrons. The van der Waals surface area contributed by atoms with Gasteiger partial charge in [0.15, 0.2) is 9.84 Å². The van der Waals surface area contributed by atoms with Crippen LogP contribution in [-0.4, -0.2) is 79.3 Å². The highest BCUT2D eigenvalue weighted by atomic mass is 35.5. The highest BCUT2D eigenvalue weighted by Gasteiger charge is 2.10. The summed E-state index contributed by atoms with van der Waals surface area (Å²) in [5, 5.41) is 3.67. The molecule has 0 aliphatic rings. The summed E-state index contributed by atoms with van der Waals surface area (Å²) in [5.74, 6) is 2.43. The van der Waals surface area contributed by atoms with Crippen LogP contribution in [0.2, 0.25) is 5.02 Å². The van der Waals surface area contributed by atoms with Crippen molar-refractivity contribution in [3.63, 3.8) is 0 Å². The van der Waals surface area contributed by atoms with Gasteiger partial charge in [0.1, 0.15) is 6.61 Å². The number of hydrogen-bond acceptors (Lipinski definition) is 8. The minimum Gasteiger partial charge on any atom is -0.397 e. The number of sulfone groups is 1. The number of benzene rings is 1. The average Bonchev–Trinajstić information content (AvgIpc) is 2.70. The summed E-state index contributed by atoms with van der Waals surface area (Å²) in [4.78, 5) is 0. The number of terminal acetylenes is 1. The number of nitrogens with one attached hydrogen (secondary N) is 1. The Bertz CT molecular complexity index is 739. The predicted octanol–water partition coefficient (Wildman–Crippen LogP) is 1.84. The first-order chi connectivity index (χ1) is 14.4. The molecule has 30 heavy (non-hydrogen) atoms. The largest absolute Gasteiger partial charge is 0.397 e. The van der Waals surface area contributed by atoms with Gasteiger partial charge in [-0.2, -0.15) is 0 Å². The zero-order chi connectivity index (χ0) is 22.1. The number of hydrogen-bond donors (Lipinski definition) is 2. The molecule has 0 saturated carbocycles. The number of nitrogen functional groups attached to an aromatic ring is 1.